The van der Waals surface area contributed by atoms with Gasteiger partial charge in [0.15, 0.2) is 17.0 Å². The van der Waals surface area contributed by atoms with E-state index in [0.29, 0.717) is 48.9 Å². The first-order valence-corrected chi connectivity index (χ1v) is 10.8. The molecule has 1 fully saturated rings. The van der Waals surface area contributed by atoms with E-state index in [9.17, 15) is 18.0 Å². The van der Waals surface area contributed by atoms with Crippen molar-refractivity contribution >= 4 is 22.9 Å². The van der Waals surface area contributed by atoms with Gasteiger partial charge in [-0.05, 0) is 30.3 Å². The molecule has 0 saturated carbocycles. The number of carbonyl (C=O) groups is 1. The lowest BCUT2D eigenvalue weighted by molar-refractivity contribution is -0.137. The number of alkyl halides is 3. The van der Waals surface area contributed by atoms with Crippen LogP contribution in [0.5, 0.6) is 5.75 Å². The van der Waals surface area contributed by atoms with Gasteiger partial charge >= 0.3 is 6.18 Å². The maximum absolute atomic E-state index is 13.0. The normalized spacial score (nSPS) is 14.4. The molecule has 1 amide bonds. The highest BCUT2D eigenvalue weighted by atomic mass is 19.4. The third-order valence-electron chi connectivity index (χ3n) is 5.82. The predicted octanol–water partition coefficient (Wildman–Crippen LogP) is 3.20. The van der Waals surface area contributed by atoms with Crippen molar-refractivity contribution in [3.63, 3.8) is 0 Å². The minimum Gasteiger partial charge on any atom is -0.497 e. The Hall–Kier alpha value is -4.22. The van der Waals surface area contributed by atoms with E-state index in [1.54, 1.807) is 11.8 Å². The molecule has 2 aromatic heterocycles. The molecule has 0 N–H and O–H groups in total. The Balaban J connectivity index is 1.34. The lowest BCUT2D eigenvalue weighted by atomic mass is 10.1. The van der Waals surface area contributed by atoms with Gasteiger partial charge in [0, 0.05) is 37.8 Å². The molecule has 0 radical (unpaired) electrons. The molecule has 0 spiro atoms. The van der Waals surface area contributed by atoms with E-state index in [2.05, 4.69) is 20.3 Å². The molecule has 4 aromatic rings. The molecule has 2 aromatic carbocycles. The highest BCUT2D eigenvalue weighted by molar-refractivity contribution is 5.94. The predicted molar refractivity (Wildman–Crippen MR) is 121 cm³/mol. The van der Waals surface area contributed by atoms with Crippen molar-refractivity contribution in [1.82, 2.24) is 29.9 Å². The average molecular weight is 483 g/mol. The number of carbonyl (C=O) groups excluding carboxylic acids is 1. The maximum atomic E-state index is 13.0. The van der Waals surface area contributed by atoms with Crippen LogP contribution in [0, 0.1) is 0 Å². The van der Waals surface area contributed by atoms with E-state index in [-0.39, 0.29) is 5.56 Å². The van der Waals surface area contributed by atoms with Crippen molar-refractivity contribution in [2.45, 2.75) is 6.18 Å². The summed E-state index contributed by atoms with van der Waals surface area (Å²) >= 11 is 0. The Morgan fingerprint density at radius 1 is 1.00 bits per heavy atom. The summed E-state index contributed by atoms with van der Waals surface area (Å²) in [5.74, 6) is 0.810. The number of fused-ring (bicyclic) bond motifs is 1. The first-order valence-electron chi connectivity index (χ1n) is 10.8. The summed E-state index contributed by atoms with van der Waals surface area (Å²) in [6, 6.07) is 11.8. The largest absolute Gasteiger partial charge is 0.497 e. The quantitative estimate of drug-likeness (QED) is 0.440. The third kappa shape index (κ3) is 4.34. The average Bonchev–Trinajstić information content (AvgIpc) is 3.32. The van der Waals surface area contributed by atoms with E-state index >= 15 is 0 Å². The lowest BCUT2D eigenvalue weighted by Gasteiger charge is -2.35. The number of hydrogen-bond acceptors (Lipinski definition) is 7. The zero-order chi connectivity index (χ0) is 24.6. The number of hydrogen-bond donors (Lipinski definition) is 0. The van der Waals surface area contributed by atoms with Crippen LogP contribution in [0.1, 0.15) is 15.9 Å². The van der Waals surface area contributed by atoms with E-state index in [4.69, 9.17) is 4.74 Å². The summed E-state index contributed by atoms with van der Waals surface area (Å²) in [4.78, 5) is 25.1. The van der Waals surface area contributed by atoms with Crippen LogP contribution in [0.3, 0.4) is 0 Å². The monoisotopic (exact) mass is 483 g/mol. The fourth-order valence-electron chi connectivity index (χ4n) is 4.02. The fraction of sp³-hybridized carbons (Fsp3) is 0.261. The van der Waals surface area contributed by atoms with Gasteiger partial charge in [-0.25, -0.2) is 9.97 Å². The zero-order valence-electron chi connectivity index (χ0n) is 18.6. The first-order chi connectivity index (χ1) is 16.8. The number of rotatable bonds is 4. The number of aromatic nitrogens is 5. The number of methoxy groups -OCH3 is 1. The van der Waals surface area contributed by atoms with Crippen LogP contribution in [-0.4, -0.2) is 69.1 Å². The van der Waals surface area contributed by atoms with Crippen LogP contribution in [0.2, 0.25) is 0 Å². The molecule has 0 aliphatic carbocycles. The number of amides is 1. The Bertz CT molecular complexity index is 1380. The SMILES string of the molecule is COc1cccc(-n2nnc3c(N4CCN(C(=O)c5cccc(C(F)(F)F)c5)CC4)ncnc32)c1. The van der Waals surface area contributed by atoms with Crippen molar-refractivity contribution in [3.05, 3.63) is 66.0 Å². The minimum absolute atomic E-state index is 0.0129. The molecule has 35 heavy (non-hydrogen) atoms. The highest BCUT2D eigenvalue weighted by Crippen LogP contribution is 2.30. The van der Waals surface area contributed by atoms with Gasteiger partial charge in [-0.2, -0.15) is 17.9 Å². The van der Waals surface area contributed by atoms with Crippen molar-refractivity contribution in [1.29, 1.82) is 0 Å². The standard InChI is InChI=1S/C23H20F3N7O2/c1-35-18-7-3-6-17(13-18)33-21-19(29-30-33)20(27-14-28-21)31-8-10-32(11-9-31)22(34)15-4-2-5-16(12-15)23(24,25)26/h2-7,12-14H,8-11H2,1H3. The molecule has 12 heteroatoms. The molecular formula is C23H20F3N7O2. The summed E-state index contributed by atoms with van der Waals surface area (Å²) in [7, 11) is 1.58. The molecule has 1 aliphatic rings. The topological polar surface area (TPSA) is 89.3 Å². The van der Waals surface area contributed by atoms with E-state index in [1.165, 1.54) is 23.4 Å². The van der Waals surface area contributed by atoms with Crippen LogP contribution in [0.15, 0.2) is 54.9 Å². The number of halogens is 3. The Morgan fingerprint density at radius 3 is 2.51 bits per heavy atom. The van der Waals surface area contributed by atoms with E-state index in [1.807, 2.05) is 29.2 Å². The Kier molecular flexibility index (Phi) is 5.71. The number of nitrogens with zero attached hydrogens (tertiary/aromatic N) is 7. The number of benzene rings is 2. The third-order valence-corrected chi connectivity index (χ3v) is 5.82. The van der Waals surface area contributed by atoms with Crippen LogP contribution in [0.25, 0.3) is 16.9 Å². The smallest absolute Gasteiger partial charge is 0.416 e. The molecule has 0 atom stereocenters. The lowest BCUT2D eigenvalue weighted by Crippen LogP contribution is -2.49. The highest BCUT2D eigenvalue weighted by Gasteiger charge is 2.32. The van der Waals surface area contributed by atoms with Gasteiger partial charge in [-0.15, -0.1) is 5.10 Å². The van der Waals surface area contributed by atoms with Gasteiger partial charge in [0.05, 0.1) is 18.4 Å². The molecule has 0 bridgehead atoms. The van der Waals surface area contributed by atoms with Gasteiger partial charge in [-0.1, -0.05) is 17.3 Å². The van der Waals surface area contributed by atoms with Gasteiger partial charge in [0.2, 0.25) is 0 Å². The summed E-state index contributed by atoms with van der Waals surface area (Å²) < 4.78 is 45.9. The fourth-order valence-corrected chi connectivity index (χ4v) is 4.02. The molecule has 1 aliphatic heterocycles. The minimum atomic E-state index is -4.50. The Morgan fingerprint density at radius 2 is 1.77 bits per heavy atom. The summed E-state index contributed by atoms with van der Waals surface area (Å²) in [6.07, 6.45) is -3.08. The molecule has 9 nitrogen and oxygen atoms in total. The second kappa shape index (κ2) is 8.85. The van der Waals surface area contributed by atoms with Crippen molar-refractivity contribution in [3.8, 4) is 11.4 Å². The van der Waals surface area contributed by atoms with Crippen molar-refractivity contribution in [2.75, 3.05) is 38.2 Å². The van der Waals surface area contributed by atoms with Crippen LogP contribution in [0.4, 0.5) is 19.0 Å². The zero-order valence-corrected chi connectivity index (χ0v) is 18.6. The van der Waals surface area contributed by atoms with E-state index in [0.717, 1.165) is 17.8 Å². The second-order valence-corrected chi connectivity index (χ2v) is 7.93. The number of piperazine rings is 1. The second-order valence-electron chi connectivity index (χ2n) is 7.93. The molecular weight excluding hydrogens is 463 g/mol. The van der Waals surface area contributed by atoms with E-state index < -0.39 is 17.6 Å². The number of anilines is 1. The van der Waals surface area contributed by atoms with Gasteiger partial charge < -0.3 is 14.5 Å². The van der Waals surface area contributed by atoms with Gasteiger partial charge in [0.25, 0.3) is 5.91 Å². The van der Waals surface area contributed by atoms with Gasteiger partial charge in [-0.3, -0.25) is 4.79 Å². The molecule has 3 heterocycles. The summed E-state index contributed by atoms with van der Waals surface area (Å²) in [5.41, 5.74) is 0.926. The molecule has 1 saturated heterocycles. The maximum Gasteiger partial charge on any atom is 0.416 e. The molecule has 0 unspecified atom stereocenters. The summed E-state index contributed by atoms with van der Waals surface area (Å²) in [6.45, 7) is 1.51. The van der Waals surface area contributed by atoms with Crippen LogP contribution in [-0.2, 0) is 6.18 Å². The van der Waals surface area contributed by atoms with Crippen LogP contribution < -0.4 is 9.64 Å². The summed E-state index contributed by atoms with van der Waals surface area (Å²) in [5, 5.41) is 8.51. The molecule has 180 valence electrons. The van der Waals surface area contributed by atoms with Crippen molar-refractivity contribution in [2.24, 2.45) is 0 Å². The van der Waals surface area contributed by atoms with Gasteiger partial charge in [0.1, 0.15) is 12.1 Å². The Labute approximate surface area is 197 Å². The van der Waals surface area contributed by atoms with Crippen LogP contribution >= 0.6 is 0 Å². The van der Waals surface area contributed by atoms with Crippen molar-refractivity contribution < 1.29 is 22.7 Å². The molecule has 5 rings (SSSR count). The number of ether oxygens (including phenoxy) is 1. The first kappa shape index (κ1) is 22.6.